The maximum atomic E-state index is 11.9. The highest BCUT2D eigenvalue weighted by Crippen LogP contribution is 2.54. The van der Waals surface area contributed by atoms with Crippen molar-refractivity contribution in [2.24, 2.45) is 5.41 Å². The van der Waals surface area contributed by atoms with Crippen molar-refractivity contribution >= 4 is 11.9 Å². The maximum absolute atomic E-state index is 11.9. The molecule has 0 aromatic rings. The van der Waals surface area contributed by atoms with Crippen molar-refractivity contribution in [2.45, 2.75) is 58.0 Å². The summed E-state index contributed by atoms with van der Waals surface area (Å²) in [5.74, 6) is -0.565. The Bertz CT molecular complexity index is 465. The number of carbonyl (C=O) groups is 2. The molecule has 0 amide bonds. The number of esters is 2. The Morgan fingerprint density at radius 2 is 2.29 bits per heavy atom. The van der Waals surface area contributed by atoms with Crippen LogP contribution in [0.15, 0.2) is 24.3 Å². The van der Waals surface area contributed by atoms with Crippen LogP contribution in [-0.4, -0.2) is 24.1 Å². The van der Waals surface area contributed by atoms with E-state index in [9.17, 15) is 9.59 Å². The largest absolute Gasteiger partial charge is 0.463 e. The fraction of sp³-hybridized carbons (Fsp3) is 0.647. The lowest BCUT2D eigenvalue weighted by Crippen LogP contribution is -2.44. The Morgan fingerprint density at radius 3 is 3.00 bits per heavy atom. The molecule has 0 aromatic carbocycles. The Hall–Kier alpha value is -1.58. The van der Waals surface area contributed by atoms with Crippen LogP contribution >= 0.6 is 0 Å². The fourth-order valence-corrected chi connectivity index (χ4v) is 3.43. The summed E-state index contributed by atoms with van der Waals surface area (Å²) >= 11 is 0. The molecular formula is C17H24O4. The number of allylic oxidation sites excluding steroid dienone is 1. The molecule has 2 rings (SSSR count). The van der Waals surface area contributed by atoms with Gasteiger partial charge in [-0.05, 0) is 38.3 Å². The second-order valence-electron chi connectivity index (χ2n) is 5.85. The van der Waals surface area contributed by atoms with Gasteiger partial charge in [0.25, 0.3) is 0 Å². The summed E-state index contributed by atoms with van der Waals surface area (Å²) in [4.78, 5) is 23.5. The molecule has 4 nitrogen and oxygen atoms in total. The maximum Gasteiger partial charge on any atom is 0.330 e. The molecule has 1 fully saturated rings. The van der Waals surface area contributed by atoms with Gasteiger partial charge in [-0.25, -0.2) is 4.79 Å². The minimum atomic E-state index is -0.774. The van der Waals surface area contributed by atoms with E-state index in [-0.39, 0.29) is 11.4 Å². The van der Waals surface area contributed by atoms with Gasteiger partial charge in [-0.3, -0.25) is 4.79 Å². The Kier molecular flexibility index (Phi) is 4.86. The molecule has 0 unspecified atom stereocenters. The Morgan fingerprint density at radius 1 is 1.48 bits per heavy atom. The Balaban J connectivity index is 2.29. The summed E-state index contributed by atoms with van der Waals surface area (Å²) in [5.41, 5.74) is -0.984. The third kappa shape index (κ3) is 3.04. The van der Waals surface area contributed by atoms with Gasteiger partial charge in [-0.2, -0.15) is 0 Å². The van der Waals surface area contributed by atoms with E-state index in [4.69, 9.17) is 9.47 Å². The molecule has 0 spiro atoms. The lowest BCUT2D eigenvalue weighted by molar-refractivity contribution is -0.144. The van der Waals surface area contributed by atoms with Crippen molar-refractivity contribution in [2.75, 3.05) is 6.61 Å². The molecule has 0 radical (unpaired) electrons. The van der Waals surface area contributed by atoms with Crippen LogP contribution in [0.5, 0.6) is 0 Å². The zero-order valence-corrected chi connectivity index (χ0v) is 12.9. The van der Waals surface area contributed by atoms with Crippen LogP contribution in [0.3, 0.4) is 0 Å². The summed E-state index contributed by atoms with van der Waals surface area (Å²) in [6.45, 7) is 4.25. The first-order valence-corrected chi connectivity index (χ1v) is 7.83. The van der Waals surface area contributed by atoms with E-state index < -0.39 is 11.6 Å². The second kappa shape index (κ2) is 6.46. The second-order valence-corrected chi connectivity index (χ2v) is 5.85. The molecule has 0 aromatic heterocycles. The molecule has 21 heavy (non-hydrogen) atoms. The highest BCUT2D eigenvalue weighted by Gasteiger charge is 2.57. The molecule has 116 valence electrons. The average molecular weight is 292 g/mol. The van der Waals surface area contributed by atoms with Crippen molar-refractivity contribution in [3.8, 4) is 0 Å². The van der Waals surface area contributed by atoms with Crippen LogP contribution in [-0.2, 0) is 19.1 Å². The van der Waals surface area contributed by atoms with Crippen LogP contribution in [0, 0.1) is 5.41 Å². The first-order valence-electron chi connectivity index (χ1n) is 7.83. The fourth-order valence-electron chi connectivity index (χ4n) is 3.43. The topological polar surface area (TPSA) is 52.6 Å². The summed E-state index contributed by atoms with van der Waals surface area (Å²) in [6.07, 6.45) is 12.5. The van der Waals surface area contributed by atoms with Gasteiger partial charge in [0, 0.05) is 11.5 Å². The third-order valence-electron chi connectivity index (χ3n) is 4.51. The molecule has 4 heteroatoms. The van der Waals surface area contributed by atoms with Crippen molar-refractivity contribution in [3.63, 3.8) is 0 Å². The van der Waals surface area contributed by atoms with Crippen molar-refractivity contribution in [1.82, 2.24) is 0 Å². The number of ether oxygens (including phenoxy) is 2. The third-order valence-corrected chi connectivity index (χ3v) is 4.51. The number of hydrogen-bond acceptors (Lipinski definition) is 4. The highest BCUT2D eigenvalue weighted by molar-refractivity contribution is 5.83. The zero-order chi connectivity index (χ0) is 15.3. The highest BCUT2D eigenvalue weighted by atomic mass is 16.6. The number of hydrogen-bond donors (Lipinski definition) is 0. The van der Waals surface area contributed by atoms with Crippen LogP contribution in [0.1, 0.15) is 52.4 Å². The van der Waals surface area contributed by atoms with Gasteiger partial charge in [0.15, 0.2) is 5.60 Å². The molecule has 0 bridgehead atoms. The van der Waals surface area contributed by atoms with E-state index in [0.717, 1.165) is 32.1 Å². The van der Waals surface area contributed by atoms with Crippen LogP contribution in [0.2, 0.25) is 0 Å². The molecule has 1 heterocycles. The molecule has 1 aliphatic carbocycles. The predicted octanol–water partition coefficient (Wildman–Crippen LogP) is 3.32. The van der Waals surface area contributed by atoms with Gasteiger partial charge < -0.3 is 9.47 Å². The van der Waals surface area contributed by atoms with Gasteiger partial charge in [0.05, 0.1) is 13.0 Å². The van der Waals surface area contributed by atoms with E-state index >= 15 is 0 Å². The molecule has 1 aliphatic heterocycles. The molecule has 2 atom stereocenters. The quantitative estimate of drug-likeness (QED) is 0.428. The van der Waals surface area contributed by atoms with Crippen molar-refractivity contribution in [1.29, 1.82) is 0 Å². The van der Waals surface area contributed by atoms with Gasteiger partial charge in [-0.1, -0.05) is 25.8 Å². The van der Waals surface area contributed by atoms with E-state index in [0.29, 0.717) is 13.0 Å². The summed E-state index contributed by atoms with van der Waals surface area (Å²) < 4.78 is 10.6. The standard InChI is InChI=1S/C17H24O4/c1-3-5-9-16-10-6-7-11-17(16,21-15(19)13-16)12-8-14(18)20-4-2/h7-8,11-12H,3-6,9-10,13H2,1-2H3/b12-8+/t16-,17+/m0/s1. The van der Waals surface area contributed by atoms with Crippen LogP contribution in [0.25, 0.3) is 0 Å². The first-order chi connectivity index (χ1) is 10.1. The van der Waals surface area contributed by atoms with Gasteiger partial charge >= 0.3 is 11.9 Å². The first kappa shape index (κ1) is 15.8. The molecule has 0 N–H and O–H groups in total. The van der Waals surface area contributed by atoms with Gasteiger partial charge in [0.2, 0.25) is 0 Å². The summed E-state index contributed by atoms with van der Waals surface area (Å²) in [7, 11) is 0. The van der Waals surface area contributed by atoms with E-state index in [1.165, 1.54) is 6.08 Å². The SMILES string of the molecule is CCCC[C@@]12CCC=C[C@]1(/C=C/C(=O)OCC)OC(=O)C2. The summed E-state index contributed by atoms with van der Waals surface area (Å²) in [6, 6.07) is 0. The van der Waals surface area contributed by atoms with E-state index in [2.05, 4.69) is 6.92 Å². The van der Waals surface area contributed by atoms with Crippen molar-refractivity contribution in [3.05, 3.63) is 24.3 Å². The molecule has 1 saturated heterocycles. The summed E-state index contributed by atoms with van der Waals surface area (Å²) in [5, 5.41) is 0. The number of unbranched alkanes of at least 4 members (excludes halogenated alkanes) is 1. The minimum Gasteiger partial charge on any atom is -0.463 e. The van der Waals surface area contributed by atoms with E-state index in [1.807, 2.05) is 12.2 Å². The zero-order valence-electron chi connectivity index (χ0n) is 12.9. The normalized spacial score (nSPS) is 31.2. The van der Waals surface area contributed by atoms with Crippen LogP contribution in [0.4, 0.5) is 0 Å². The monoisotopic (exact) mass is 292 g/mol. The lowest BCUT2D eigenvalue weighted by atomic mass is 9.63. The predicted molar refractivity (Wildman–Crippen MR) is 79.5 cm³/mol. The average Bonchev–Trinajstić information content (AvgIpc) is 2.76. The Labute approximate surface area is 126 Å². The molecule has 0 saturated carbocycles. The van der Waals surface area contributed by atoms with Crippen molar-refractivity contribution < 1.29 is 19.1 Å². The number of rotatable bonds is 6. The lowest BCUT2D eigenvalue weighted by Gasteiger charge is -2.42. The molecule has 2 aliphatic rings. The molecular weight excluding hydrogens is 268 g/mol. The van der Waals surface area contributed by atoms with Crippen LogP contribution < -0.4 is 0 Å². The van der Waals surface area contributed by atoms with Gasteiger partial charge in [-0.15, -0.1) is 0 Å². The smallest absolute Gasteiger partial charge is 0.330 e. The van der Waals surface area contributed by atoms with Gasteiger partial charge in [0.1, 0.15) is 0 Å². The number of fused-ring (bicyclic) bond motifs is 1. The minimum absolute atomic E-state index is 0.175. The number of carbonyl (C=O) groups excluding carboxylic acids is 2. The van der Waals surface area contributed by atoms with E-state index in [1.54, 1.807) is 13.0 Å².